The number of halogens is 1. The lowest BCUT2D eigenvalue weighted by Gasteiger charge is -1.93. The number of aryl methyl sites for hydroxylation is 1. The Balaban J connectivity index is 2.15. The zero-order chi connectivity index (χ0) is 12.3. The van der Waals surface area contributed by atoms with Crippen LogP contribution >= 0.6 is 15.9 Å². The van der Waals surface area contributed by atoms with Gasteiger partial charge in [-0.1, -0.05) is 5.16 Å². The molecule has 0 aliphatic rings. The van der Waals surface area contributed by atoms with Gasteiger partial charge in [-0.15, -0.1) is 0 Å². The van der Waals surface area contributed by atoms with Crippen LogP contribution in [0.3, 0.4) is 0 Å². The number of carboxylic acids is 1. The fraction of sp³-hybridized carbons (Fsp3) is 0.200. The van der Waals surface area contributed by atoms with Crippen molar-refractivity contribution in [3.05, 3.63) is 28.8 Å². The summed E-state index contributed by atoms with van der Waals surface area (Å²) in [6.07, 6.45) is 3.45. The molecule has 0 amide bonds. The van der Waals surface area contributed by atoms with Gasteiger partial charge in [-0.25, -0.2) is 0 Å². The average molecular weight is 298 g/mol. The Morgan fingerprint density at radius 1 is 1.47 bits per heavy atom. The van der Waals surface area contributed by atoms with E-state index in [1.165, 1.54) is 0 Å². The minimum Gasteiger partial charge on any atom is -0.481 e. The van der Waals surface area contributed by atoms with Gasteiger partial charge in [0.25, 0.3) is 0 Å². The van der Waals surface area contributed by atoms with Gasteiger partial charge in [0.15, 0.2) is 0 Å². The number of hydrogen-bond donors (Lipinski definition) is 1. The number of rotatable bonds is 4. The van der Waals surface area contributed by atoms with Crippen molar-refractivity contribution in [2.75, 3.05) is 0 Å². The van der Waals surface area contributed by atoms with Crippen LogP contribution in [-0.2, 0) is 11.2 Å². The molecule has 7 heteroatoms. The van der Waals surface area contributed by atoms with Gasteiger partial charge in [-0.3, -0.25) is 9.78 Å². The predicted molar refractivity (Wildman–Crippen MR) is 61.2 cm³/mol. The van der Waals surface area contributed by atoms with E-state index in [1.54, 1.807) is 18.5 Å². The van der Waals surface area contributed by atoms with Gasteiger partial charge in [0.05, 0.1) is 6.42 Å². The maximum absolute atomic E-state index is 10.4. The topological polar surface area (TPSA) is 89.1 Å². The van der Waals surface area contributed by atoms with Crippen LogP contribution in [0.15, 0.2) is 27.5 Å². The van der Waals surface area contributed by atoms with Crippen molar-refractivity contribution >= 4 is 21.9 Å². The molecule has 0 unspecified atom stereocenters. The Morgan fingerprint density at radius 3 is 3.00 bits per heavy atom. The van der Waals surface area contributed by atoms with Crippen LogP contribution in [0.4, 0.5) is 0 Å². The summed E-state index contributed by atoms with van der Waals surface area (Å²) in [5.41, 5.74) is 0.713. The van der Waals surface area contributed by atoms with Gasteiger partial charge in [-0.2, -0.15) is 4.98 Å². The Morgan fingerprint density at radius 2 is 2.29 bits per heavy atom. The second-order valence-corrected chi connectivity index (χ2v) is 4.21. The number of carboxylic acid groups (broad SMARTS) is 1. The molecule has 17 heavy (non-hydrogen) atoms. The van der Waals surface area contributed by atoms with E-state index >= 15 is 0 Å². The lowest BCUT2D eigenvalue weighted by Crippen LogP contribution is -1.97. The molecular weight excluding hydrogens is 290 g/mol. The molecule has 2 rings (SSSR count). The van der Waals surface area contributed by atoms with E-state index in [4.69, 9.17) is 9.63 Å². The molecule has 2 heterocycles. The van der Waals surface area contributed by atoms with Crippen LogP contribution in [-0.4, -0.2) is 26.2 Å². The molecule has 0 atom stereocenters. The summed E-state index contributed by atoms with van der Waals surface area (Å²) in [7, 11) is 0. The maximum Gasteiger partial charge on any atom is 0.303 e. The number of pyridine rings is 1. The molecule has 88 valence electrons. The van der Waals surface area contributed by atoms with Crippen molar-refractivity contribution in [1.82, 2.24) is 15.1 Å². The van der Waals surface area contributed by atoms with Crippen LogP contribution in [0, 0.1) is 0 Å². The van der Waals surface area contributed by atoms with Gasteiger partial charge in [0.1, 0.15) is 0 Å². The van der Waals surface area contributed by atoms with Crippen molar-refractivity contribution < 1.29 is 14.4 Å². The Bertz CT molecular complexity index is 541. The number of hydrogen-bond acceptors (Lipinski definition) is 5. The molecule has 0 saturated heterocycles. The van der Waals surface area contributed by atoms with Crippen LogP contribution in [0.25, 0.3) is 11.4 Å². The van der Waals surface area contributed by atoms with Gasteiger partial charge in [0, 0.05) is 28.9 Å². The third-order valence-corrected chi connectivity index (χ3v) is 2.42. The monoisotopic (exact) mass is 297 g/mol. The fourth-order valence-corrected chi connectivity index (χ4v) is 1.59. The van der Waals surface area contributed by atoms with Crippen molar-refractivity contribution in [2.45, 2.75) is 12.8 Å². The number of nitrogens with zero attached hydrogens (tertiary/aromatic N) is 3. The summed E-state index contributed by atoms with van der Waals surface area (Å²) in [5.74, 6) is -0.185. The van der Waals surface area contributed by atoms with E-state index < -0.39 is 5.97 Å². The molecular formula is C10H8BrN3O3. The fourth-order valence-electron chi connectivity index (χ4n) is 1.22. The lowest BCUT2D eigenvalue weighted by molar-refractivity contribution is -0.137. The van der Waals surface area contributed by atoms with Gasteiger partial charge in [-0.05, 0) is 22.0 Å². The van der Waals surface area contributed by atoms with Gasteiger partial charge >= 0.3 is 5.97 Å². The van der Waals surface area contributed by atoms with Crippen molar-refractivity contribution in [2.24, 2.45) is 0 Å². The van der Waals surface area contributed by atoms with Crippen LogP contribution in [0.5, 0.6) is 0 Å². The number of carbonyl (C=O) groups is 1. The molecule has 0 aliphatic carbocycles. The molecule has 0 radical (unpaired) electrons. The first-order valence-corrected chi connectivity index (χ1v) is 5.60. The van der Waals surface area contributed by atoms with Crippen molar-refractivity contribution in [3.63, 3.8) is 0 Å². The molecule has 0 spiro atoms. The third-order valence-electron chi connectivity index (χ3n) is 1.98. The molecule has 0 fully saturated rings. The molecule has 6 nitrogen and oxygen atoms in total. The number of aliphatic carboxylic acids is 1. The SMILES string of the molecule is O=C(O)CCc1nc(-c2cncc(Br)c2)no1. The van der Waals surface area contributed by atoms with Crippen molar-refractivity contribution in [3.8, 4) is 11.4 Å². The second-order valence-electron chi connectivity index (χ2n) is 3.30. The highest BCUT2D eigenvalue weighted by molar-refractivity contribution is 9.10. The van der Waals surface area contributed by atoms with E-state index in [9.17, 15) is 4.79 Å². The molecule has 2 aromatic rings. The lowest BCUT2D eigenvalue weighted by atomic mass is 10.3. The summed E-state index contributed by atoms with van der Waals surface area (Å²) in [6.45, 7) is 0. The Kier molecular flexibility index (Phi) is 3.48. The summed E-state index contributed by atoms with van der Waals surface area (Å²) in [4.78, 5) is 18.5. The standard InChI is InChI=1S/C10H8BrN3O3/c11-7-3-6(4-12-5-7)10-13-8(17-14-10)1-2-9(15)16/h3-5H,1-2H2,(H,15,16). The minimum absolute atomic E-state index is 0.0294. The Labute approximate surface area is 105 Å². The minimum atomic E-state index is -0.895. The van der Waals surface area contributed by atoms with E-state index in [0.29, 0.717) is 17.3 Å². The maximum atomic E-state index is 10.4. The highest BCUT2D eigenvalue weighted by atomic mass is 79.9. The molecule has 0 aliphatic heterocycles. The van der Waals surface area contributed by atoms with Crippen LogP contribution < -0.4 is 0 Å². The zero-order valence-corrected chi connectivity index (χ0v) is 10.2. The second kappa shape index (κ2) is 5.05. The first kappa shape index (κ1) is 11.7. The van der Waals surface area contributed by atoms with E-state index in [1.807, 2.05) is 0 Å². The summed E-state index contributed by atoms with van der Waals surface area (Å²) in [5, 5.41) is 12.3. The largest absolute Gasteiger partial charge is 0.481 e. The molecule has 0 saturated carbocycles. The predicted octanol–water partition coefficient (Wildman–Crippen LogP) is 1.91. The van der Waals surface area contributed by atoms with E-state index in [2.05, 4.69) is 31.1 Å². The average Bonchev–Trinajstić information content (AvgIpc) is 2.75. The quantitative estimate of drug-likeness (QED) is 0.927. The van der Waals surface area contributed by atoms with Crippen LogP contribution in [0.1, 0.15) is 12.3 Å². The Hall–Kier alpha value is -1.76. The highest BCUT2D eigenvalue weighted by Crippen LogP contribution is 2.19. The molecule has 0 bridgehead atoms. The highest BCUT2D eigenvalue weighted by Gasteiger charge is 2.10. The van der Waals surface area contributed by atoms with Gasteiger partial charge in [0.2, 0.25) is 11.7 Å². The summed E-state index contributed by atoms with van der Waals surface area (Å²) < 4.78 is 5.75. The van der Waals surface area contributed by atoms with Crippen LogP contribution in [0.2, 0.25) is 0 Å². The molecule has 1 N–H and O–H groups in total. The summed E-state index contributed by atoms with van der Waals surface area (Å²) in [6, 6.07) is 1.80. The first-order chi connectivity index (χ1) is 8.15. The van der Waals surface area contributed by atoms with E-state index in [-0.39, 0.29) is 12.8 Å². The number of aromatic nitrogens is 3. The van der Waals surface area contributed by atoms with Gasteiger partial charge < -0.3 is 9.63 Å². The smallest absolute Gasteiger partial charge is 0.303 e. The molecule has 2 aromatic heterocycles. The molecule has 0 aromatic carbocycles. The first-order valence-electron chi connectivity index (χ1n) is 4.80. The third kappa shape index (κ3) is 3.10. The van der Waals surface area contributed by atoms with E-state index in [0.717, 1.165) is 4.47 Å². The summed E-state index contributed by atoms with van der Waals surface area (Å²) >= 11 is 3.29. The normalized spacial score (nSPS) is 10.4. The zero-order valence-electron chi connectivity index (χ0n) is 8.63. The van der Waals surface area contributed by atoms with Crippen molar-refractivity contribution in [1.29, 1.82) is 0 Å².